The Bertz CT molecular complexity index is 889. The standard InChI is InChI=1S/C16H16ClFN2O4S/c1-10(16(21)19-13-5-3-4-12(18)9-13)20-25(22,23)15-8-11(17)6-7-14(15)24-2/h3-10,20H,1-2H3,(H,19,21)/t10-/m0/s1. The molecule has 1 amide bonds. The predicted octanol–water partition coefficient (Wildman–Crippen LogP) is 2.79. The molecule has 9 heteroatoms. The average Bonchev–Trinajstić information content (AvgIpc) is 2.54. The van der Waals surface area contributed by atoms with Crippen molar-refractivity contribution in [1.29, 1.82) is 0 Å². The Labute approximate surface area is 150 Å². The van der Waals surface area contributed by atoms with Crippen molar-refractivity contribution in [3.05, 3.63) is 53.3 Å². The number of anilines is 1. The first-order valence-electron chi connectivity index (χ1n) is 7.15. The van der Waals surface area contributed by atoms with Gasteiger partial charge < -0.3 is 10.1 Å². The minimum atomic E-state index is -4.06. The van der Waals surface area contributed by atoms with Gasteiger partial charge in [-0.1, -0.05) is 17.7 Å². The van der Waals surface area contributed by atoms with Crippen LogP contribution in [0.15, 0.2) is 47.4 Å². The van der Waals surface area contributed by atoms with Crippen LogP contribution in [-0.4, -0.2) is 27.5 Å². The van der Waals surface area contributed by atoms with Crippen molar-refractivity contribution in [2.75, 3.05) is 12.4 Å². The van der Waals surface area contributed by atoms with Gasteiger partial charge in [0.2, 0.25) is 15.9 Å². The van der Waals surface area contributed by atoms with E-state index in [1.54, 1.807) is 0 Å². The Morgan fingerprint density at radius 1 is 1.24 bits per heavy atom. The van der Waals surface area contributed by atoms with Gasteiger partial charge in [0, 0.05) is 10.7 Å². The topological polar surface area (TPSA) is 84.5 Å². The van der Waals surface area contributed by atoms with Crippen molar-refractivity contribution in [3.8, 4) is 5.75 Å². The number of hydrogen-bond donors (Lipinski definition) is 2. The Kier molecular flexibility index (Phi) is 5.99. The van der Waals surface area contributed by atoms with E-state index in [1.165, 1.54) is 50.4 Å². The van der Waals surface area contributed by atoms with Crippen molar-refractivity contribution in [1.82, 2.24) is 4.72 Å². The fourth-order valence-electron chi connectivity index (χ4n) is 2.03. The van der Waals surface area contributed by atoms with Crippen LogP contribution in [0.25, 0.3) is 0 Å². The van der Waals surface area contributed by atoms with Crippen molar-refractivity contribution in [2.24, 2.45) is 0 Å². The zero-order chi connectivity index (χ0) is 18.6. The van der Waals surface area contributed by atoms with Crippen molar-refractivity contribution in [2.45, 2.75) is 17.9 Å². The van der Waals surface area contributed by atoms with E-state index in [0.717, 1.165) is 6.07 Å². The largest absolute Gasteiger partial charge is 0.495 e. The molecule has 0 saturated heterocycles. The second kappa shape index (κ2) is 7.81. The van der Waals surface area contributed by atoms with Gasteiger partial charge in [0.15, 0.2) is 0 Å². The maximum Gasteiger partial charge on any atom is 0.245 e. The van der Waals surface area contributed by atoms with E-state index in [4.69, 9.17) is 16.3 Å². The van der Waals surface area contributed by atoms with Gasteiger partial charge >= 0.3 is 0 Å². The molecule has 2 rings (SSSR count). The Hall–Kier alpha value is -2.16. The predicted molar refractivity (Wildman–Crippen MR) is 92.8 cm³/mol. The first kappa shape index (κ1) is 19.2. The molecule has 0 aliphatic rings. The lowest BCUT2D eigenvalue weighted by atomic mass is 10.3. The van der Waals surface area contributed by atoms with Crippen molar-refractivity contribution < 1.29 is 22.3 Å². The van der Waals surface area contributed by atoms with E-state index >= 15 is 0 Å². The van der Waals surface area contributed by atoms with Crippen molar-refractivity contribution in [3.63, 3.8) is 0 Å². The maximum absolute atomic E-state index is 13.1. The highest BCUT2D eigenvalue weighted by atomic mass is 35.5. The van der Waals surface area contributed by atoms with Gasteiger partial charge in [-0.2, -0.15) is 4.72 Å². The minimum Gasteiger partial charge on any atom is -0.495 e. The molecule has 25 heavy (non-hydrogen) atoms. The van der Waals surface area contributed by atoms with Crippen LogP contribution in [0, 0.1) is 5.82 Å². The summed E-state index contributed by atoms with van der Waals surface area (Å²) in [4.78, 5) is 11.9. The third-order valence-corrected chi connectivity index (χ3v) is 5.03. The third kappa shape index (κ3) is 4.91. The molecule has 0 spiro atoms. The molecule has 0 aliphatic carbocycles. The number of benzene rings is 2. The summed E-state index contributed by atoms with van der Waals surface area (Å²) in [7, 11) is -2.74. The number of hydrogen-bond acceptors (Lipinski definition) is 4. The quantitative estimate of drug-likeness (QED) is 0.799. The lowest BCUT2D eigenvalue weighted by Gasteiger charge is -2.16. The molecular weight excluding hydrogens is 371 g/mol. The summed E-state index contributed by atoms with van der Waals surface area (Å²) < 4.78 is 45.4. The number of carbonyl (C=O) groups is 1. The number of carbonyl (C=O) groups excluding carboxylic acids is 1. The van der Waals surface area contributed by atoms with Gasteiger partial charge in [0.05, 0.1) is 13.2 Å². The lowest BCUT2D eigenvalue weighted by Crippen LogP contribution is -2.41. The minimum absolute atomic E-state index is 0.0923. The number of ether oxygens (including phenoxy) is 1. The SMILES string of the molecule is COc1ccc(Cl)cc1S(=O)(=O)N[C@@H](C)C(=O)Nc1cccc(F)c1. The van der Waals surface area contributed by atoms with E-state index in [1.807, 2.05) is 0 Å². The summed E-state index contributed by atoms with van der Waals surface area (Å²) >= 11 is 5.84. The molecular formula is C16H16ClFN2O4S. The summed E-state index contributed by atoms with van der Waals surface area (Å²) in [5.41, 5.74) is 0.219. The second-order valence-corrected chi connectivity index (χ2v) is 7.26. The maximum atomic E-state index is 13.1. The Morgan fingerprint density at radius 2 is 1.96 bits per heavy atom. The summed E-state index contributed by atoms with van der Waals surface area (Å²) in [5.74, 6) is -1.07. The van der Waals surface area contributed by atoms with E-state index in [-0.39, 0.29) is 21.4 Å². The van der Waals surface area contributed by atoms with Crippen LogP contribution in [0.4, 0.5) is 10.1 Å². The zero-order valence-corrected chi connectivity index (χ0v) is 15.0. The fourth-order valence-corrected chi connectivity index (χ4v) is 3.66. The number of halogens is 2. The Balaban J connectivity index is 2.17. The van der Waals surface area contributed by atoms with E-state index in [9.17, 15) is 17.6 Å². The van der Waals surface area contributed by atoms with Gasteiger partial charge in [-0.15, -0.1) is 0 Å². The molecule has 134 valence electrons. The van der Waals surface area contributed by atoms with E-state index in [0.29, 0.717) is 0 Å². The second-order valence-electron chi connectivity index (χ2n) is 5.14. The molecule has 0 fully saturated rings. The molecule has 0 unspecified atom stereocenters. The van der Waals surface area contributed by atoms with Crippen LogP contribution in [0.3, 0.4) is 0 Å². The molecule has 0 heterocycles. The average molecular weight is 387 g/mol. The van der Waals surface area contributed by atoms with Gasteiger partial charge in [-0.05, 0) is 43.3 Å². The first-order chi connectivity index (χ1) is 11.7. The molecule has 2 aromatic rings. The summed E-state index contributed by atoms with van der Waals surface area (Å²) in [6.07, 6.45) is 0. The van der Waals surface area contributed by atoms with Crippen LogP contribution < -0.4 is 14.8 Å². The normalized spacial score (nSPS) is 12.5. The molecule has 0 aliphatic heterocycles. The number of rotatable bonds is 6. The summed E-state index contributed by atoms with van der Waals surface area (Å²) in [6, 6.07) is 8.27. The molecule has 0 saturated carbocycles. The van der Waals surface area contributed by atoms with Gasteiger partial charge in [0.25, 0.3) is 0 Å². The molecule has 0 radical (unpaired) electrons. The summed E-state index contributed by atoms with van der Waals surface area (Å²) in [5, 5.41) is 2.64. The molecule has 2 aromatic carbocycles. The van der Waals surface area contributed by atoms with Gasteiger partial charge in [-0.25, -0.2) is 12.8 Å². The fraction of sp³-hybridized carbons (Fsp3) is 0.188. The van der Waals surface area contributed by atoms with Crippen LogP contribution in [0.5, 0.6) is 5.75 Å². The monoisotopic (exact) mass is 386 g/mol. The van der Waals surface area contributed by atoms with Crippen LogP contribution in [-0.2, 0) is 14.8 Å². The molecule has 0 bridgehead atoms. The highest BCUT2D eigenvalue weighted by Crippen LogP contribution is 2.27. The number of nitrogens with one attached hydrogen (secondary N) is 2. The van der Waals surface area contributed by atoms with Crippen LogP contribution >= 0.6 is 11.6 Å². The van der Waals surface area contributed by atoms with E-state index < -0.39 is 27.8 Å². The molecule has 0 aromatic heterocycles. The zero-order valence-electron chi connectivity index (χ0n) is 13.4. The Morgan fingerprint density at radius 3 is 2.60 bits per heavy atom. The van der Waals surface area contributed by atoms with Crippen molar-refractivity contribution >= 4 is 33.2 Å². The molecule has 2 N–H and O–H groups in total. The third-order valence-electron chi connectivity index (χ3n) is 3.23. The number of methoxy groups -OCH3 is 1. The highest BCUT2D eigenvalue weighted by Gasteiger charge is 2.25. The molecule has 6 nitrogen and oxygen atoms in total. The summed E-state index contributed by atoms with van der Waals surface area (Å²) in [6.45, 7) is 1.36. The number of sulfonamides is 1. The highest BCUT2D eigenvalue weighted by molar-refractivity contribution is 7.89. The van der Waals surface area contributed by atoms with Gasteiger partial charge in [0.1, 0.15) is 16.5 Å². The first-order valence-corrected chi connectivity index (χ1v) is 9.01. The van der Waals surface area contributed by atoms with Crippen LogP contribution in [0.2, 0.25) is 5.02 Å². The molecule has 1 atom stereocenters. The lowest BCUT2D eigenvalue weighted by molar-refractivity contribution is -0.117. The van der Waals surface area contributed by atoms with Crippen LogP contribution in [0.1, 0.15) is 6.92 Å². The van der Waals surface area contributed by atoms with E-state index in [2.05, 4.69) is 10.0 Å². The number of amides is 1. The smallest absolute Gasteiger partial charge is 0.245 e. The van der Waals surface area contributed by atoms with Gasteiger partial charge in [-0.3, -0.25) is 4.79 Å².